The van der Waals surface area contributed by atoms with E-state index in [0.717, 1.165) is 18.5 Å². The molecule has 0 bridgehead atoms. The Hall–Kier alpha value is -1.11. The molecule has 0 heterocycles. The van der Waals surface area contributed by atoms with Crippen molar-refractivity contribution in [1.29, 1.82) is 0 Å². The Morgan fingerprint density at radius 2 is 2.50 bits per heavy atom. The molecule has 0 saturated carbocycles. The fourth-order valence-electron chi connectivity index (χ4n) is 1.34. The minimum atomic E-state index is 0.451. The van der Waals surface area contributed by atoms with E-state index in [1.165, 1.54) is 0 Å². The number of hydrogen-bond donors (Lipinski definition) is 0. The molecule has 1 heteroatoms. The van der Waals surface area contributed by atoms with Crippen molar-refractivity contribution in [3.05, 3.63) is 36.1 Å². The zero-order chi connectivity index (χ0) is 8.81. The zero-order valence-corrected chi connectivity index (χ0v) is 7.53. The molecule has 0 aromatic carbocycles. The molecule has 12 heavy (non-hydrogen) atoms. The fourth-order valence-corrected chi connectivity index (χ4v) is 1.34. The standard InChI is InChI=1S/C11H15N/c1-3-7-11(12-2)10-8-5-4-6-9-10/h4-8,10H,2-3,9H2,1H3/b11-7-. The van der Waals surface area contributed by atoms with Crippen LogP contribution in [0.3, 0.4) is 0 Å². The highest BCUT2D eigenvalue weighted by Gasteiger charge is 2.08. The lowest BCUT2D eigenvalue weighted by Gasteiger charge is -2.12. The van der Waals surface area contributed by atoms with Gasteiger partial charge < -0.3 is 0 Å². The van der Waals surface area contributed by atoms with Gasteiger partial charge in [0.05, 0.1) is 0 Å². The maximum absolute atomic E-state index is 4.03. The van der Waals surface area contributed by atoms with E-state index in [-0.39, 0.29) is 0 Å². The molecular formula is C11H15N. The first kappa shape index (κ1) is 8.98. The minimum Gasteiger partial charge on any atom is -0.269 e. The summed E-state index contributed by atoms with van der Waals surface area (Å²) >= 11 is 0. The molecule has 0 aromatic heterocycles. The average Bonchev–Trinajstić information content (AvgIpc) is 2.15. The number of hydrogen-bond acceptors (Lipinski definition) is 1. The molecule has 0 N–H and O–H groups in total. The van der Waals surface area contributed by atoms with Gasteiger partial charge in [0.1, 0.15) is 0 Å². The van der Waals surface area contributed by atoms with E-state index in [0.29, 0.717) is 5.92 Å². The normalized spacial score (nSPS) is 22.8. The first-order valence-electron chi connectivity index (χ1n) is 4.38. The van der Waals surface area contributed by atoms with E-state index in [4.69, 9.17) is 0 Å². The minimum absolute atomic E-state index is 0.451. The quantitative estimate of drug-likeness (QED) is 0.564. The van der Waals surface area contributed by atoms with Crippen molar-refractivity contribution in [2.45, 2.75) is 19.8 Å². The van der Waals surface area contributed by atoms with Crippen LogP contribution >= 0.6 is 0 Å². The Bertz CT molecular complexity index is 233. The van der Waals surface area contributed by atoms with E-state index in [1.54, 1.807) is 0 Å². The molecule has 1 aliphatic rings. The van der Waals surface area contributed by atoms with Crippen LogP contribution in [0.2, 0.25) is 0 Å². The van der Waals surface area contributed by atoms with Gasteiger partial charge in [0, 0.05) is 11.6 Å². The second-order valence-electron chi connectivity index (χ2n) is 2.85. The summed E-state index contributed by atoms with van der Waals surface area (Å²) in [5.41, 5.74) is 1.11. The van der Waals surface area contributed by atoms with E-state index in [2.05, 4.69) is 49.0 Å². The van der Waals surface area contributed by atoms with Crippen molar-refractivity contribution in [3.63, 3.8) is 0 Å². The Morgan fingerprint density at radius 3 is 3.00 bits per heavy atom. The molecule has 1 aliphatic carbocycles. The van der Waals surface area contributed by atoms with Crippen molar-refractivity contribution in [2.75, 3.05) is 0 Å². The van der Waals surface area contributed by atoms with Gasteiger partial charge in [0.25, 0.3) is 0 Å². The number of aliphatic imine (C=N–C) groups is 1. The Labute approximate surface area is 74.2 Å². The van der Waals surface area contributed by atoms with Crippen LogP contribution in [0.1, 0.15) is 19.8 Å². The zero-order valence-electron chi connectivity index (χ0n) is 7.53. The van der Waals surface area contributed by atoms with E-state index >= 15 is 0 Å². The van der Waals surface area contributed by atoms with Crippen LogP contribution in [0.5, 0.6) is 0 Å². The van der Waals surface area contributed by atoms with Crippen LogP contribution in [0, 0.1) is 5.92 Å². The summed E-state index contributed by atoms with van der Waals surface area (Å²) < 4.78 is 0. The molecule has 0 spiro atoms. The second kappa shape index (κ2) is 4.70. The van der Waals surface area contributed by atoms with Crippen molar-refractivity contribution in [3.8, 4) is 0 Å². The SMILES string of the molecule is C=N/C(=C\CC)C1C=CC=CC1. The lowest BCUT2D eigenvalue weighted by Crippen LogP contribution is -1.99. The van der Waals surface area contributed by atoms with Crippen LogP contribution in [0.4, 0.5) is 0 Å². The average molecular weight is 161 g/mol. The smallest absolute Gasteiger partial charge is 0.0428 e. The van der Waals surface area contributed by atoms with Gasteiger partial charge in [-0.25, -0.2) is 0 Å². The number of rotatable bonds is 3. The van der Waals surface area contributed by atoms with Crippen LogP contribution in [0.15, 0.2) is 41.1 Å². The van der Waals surface area contributed by atoms with Crippen molar-refractivity contribution in [1.82, 2.24) is 0 Å². The predicted octanol–water partition coefficient (Wildman–Crippen LogP) is 3.11. The van der Waals surface area contributed by atoms with Crippen LogP contribution < -0.4 is 0 Å². The molecular weight excluding hydrogens is 146 g/mol. The third-order valence-corrected chi connectivity index (χ3v) is 1.96. The van der Waals surface area contributed by atoms with Crippen molar-refractivity contribution >= 4 is 6.72 Å². The topological polar surface area (TPSA) is 12.4 Å². The van der Waals surface area contributed by atoms with Crippen LogP contribution in [-0.2, 0) is 0 Å². The first-order valence-corrected chi connectivity index (χ1v) is 4.38. The molecule has 1 atom stereocenters. The summed E-state index contributed by atoms with van der Waals surface area (Å²) in [6, 6.07) is 0. The Kier molecular flexibility index (Phi) is 3.52. The van der Waals surface area contributed by atoms with Gasteiger partial charge in [0.15, 0.2) is 0 Å². The van der Waals surface area contributed by atoms with Crippen molar-refractivity contribution < 1.29 is 0 Å². The van der Waals surface area contributed by atoms with E-state index < -0.39 is 0 Å². The molecule has 1 rings (SSSR count). The van der Waals surface area contributed by atoms with Gasteiger partial charge in [-0.1, -0.05) is 37.3 Å². The Balaban J connectivity index is 2.67. The van der Waals surface area contributed by atoms with Crippen molar-refractivity contribution in [2.24, 2.45) is 10.9 Å². The van der Waals surface area contributed by atoms with Gasteiger partial charge in [-0.05, 0) is 19.6 Å². The maximum atomic E-state index is 4.03. The number of nitrogens with zero attached hydrogens (tertiary/aromatic N) is 1. The highest BCUT2D eigenvalue weighted by Crippen LogP contribution is 2.21. The Morgan fingerprint density at radius 1 is 1.67 bits per heavy atom. The third-order valence-electron chi connectivity index (χ3n) is 1.96. The van der Waals surface area contributed by atoms with Gasteiger partial charge in [0.2, 0.25) is 0 Å². The van der Waals surface area contributed by atoms with Gasteiger partial charge in [-0.15, -0.1) is 0 Å². The lowest BCUT2D eigenvalue weighted by molar-refractivity contribution is 0.752. The maximum Gasteiger partial charge on any atom is 0.0428 e. The summed E-state index contributed by atoms with van der Waals surface area (Å²) in [6.07, 6.45) is 12.7. The highest BCUT2D eigenvalue weighted by atomic mass is 14.7. The largest absolute Gasteiger partial charge is 0.269 e. The summed E-state index contributed by atoms with van der Waals surface area (Å²) in [5.74, 6) is 0.451. The van der Waals surface area contributed by atoms with Gasteiger partial charge in [-0.2, -0.15) is 0 Å². The fraction of sp³-hybridized carbons (Fsp3) is 0.364. The molecule has 0 aromatic rings. The van der Waals surface area contributed by atoms with Gasteiger partial charge >= 0.3 is 0 Å². The molecule has 0 fully saturated rings. The predicted molar refractivity (Wildman–Crippen MR) is 54.3 cm³/mol. The first-order chi connectivity index (χ1) is 5.88. The summed E-state index contributed by atoms with van der Waals surface area (Å²) in [7, 11) is 0. The van der Waals surface area contributed by atoms with Gasteiger partial charge in [-0.3, -0.25) is 4.99 Å². The van der Waals surface area contributed by atoms with E-state index in [1.807, 2.05) is 0 Å². The lowest BCUT2D eigenvalue weighted by atomic mass is 9.97. The van der Waals surface area contributed by atoms with Crippen LogP contribution in [0.25, 0.3) is 0 Å². The highest BCUT2D eigenvalue weighted by molar-refractivity contribution is 5.32. The molecule has 64 valence electrons. The molecule has 0 amide bonds. The molecule has 0 aliphatic heterocycles. The molecule has 0 saturated heterocycles. The summed E-state index contributed by atoms with van der Waals surface area (Å²) in [6.45, 7) is 5.70. The second-order valence-corrected chi connectivity index (χ2v) is 2.85. The summed E-state index contributed by atoms with van der Waals surface area (Å²) in [4.78, 5) is 4.03. The van der Waals surface area contributed by atoms with E-state index in [9.17, 15) is 0 Å². The third kappa shape index (κ3) is 2.19. The molecule has 1 unspecified atom stereocenters. The molecule has 1 nitrogen and oxygen atoms in total. The number of allylic oxidation sites excluding steroid dienone is 5. The summed E-state index contributed by atoms with van der Waals surface area (Å²) in [5, 5.41) is 0. The molecule has 0 radical (unpaired) electrons. The monoisotopic (exact) mass is 161 g/mol. The van der Waals surface area contributed by atoms with Crippen LogP contribution in [-0.4, -0.2) is 6.72 Å².